The minimum Gasteiger partial charge on any atom is -0.492 e. The highest BCUT2D eigenvalue weighted by molar-refractivity contribution is 9.10. The fourth-order valence-electron chi connectivity index (χ4n) is 1.88. The topological polar surface area (TPSA) is 38.3 Å². The third kappa shape index (κ3) is 5.39. The molecular formula is C17H18BrNO2S. The van der Waals surface area contributed by atoms with Crippen molar-refractivity contribution in [2.24, 2.45) is 0 Å². The van der Waals surface area contributed by atoms with Crippen LogP contribution in [-0.4, -0.2) is 18.3 Å². The molecule has 0 atom stereocenters. The average molecular weight is 380 g/mol. The lowest BCUT2D eigenvalue weighted by Crippen LogP contribution is -2.15. The number of rotatable bonds is 7. The number of hydrogen-bond donors (Lipinski definition) is 1. The minimum atomic E-state index is -0.0192. The molecule has 0 bridgehead atoms. The fraction of sp³-hybridized carbons (Fsp3) is 0.235. The number of amides is 1. The first-order valence-corrected chi connectivity index (χ1v) is 8.97. The van der Waals surface area contributed by atoms with E-state index in [9.17, 15) is 4.79 Å². The number of anilines is 1. The van der Waals surface area contributed by atoms with E-state index in [1.54, 1.807) is 11.8 Å². The molecule has 0 fully saturated rings. The number of carbonyl (C=O) groups excluding carboxylic acids is 1. The number of thioether (sulfide) groups is 1. The Morgan fingerprint density at radius 1 is 1.18 bits per heavy atom. The molecule has 0 aliphatic rings. The van der Waals surface area contributed by atoms with Crippen molar-refractivity contribution >= 4 is 39.3 Å². The first-order valence-electron chi connectivity index (χ1n) is 7.03. The molecule has 22 heavy (non-hydrogen) atoms. The normalized spacial score (nSPS) is 10.3. The maximum absolute atomic E-state index is 12.0. The van der Waals surface area contributed by atoms with E-state index in [-0.39, 0.29) is 5.91 Å². The van der Waals surface area contributed by atoms with Gasteiger partial charge in [0.1, 0.15) is 5.75 Å². The zero-order valence-corrected chi connectivity index (χ0v) is 14.7. The summed E-state index contributed by atoms with van der Waals surface area (Å²) in [4.78, 5) is 12.0. The van der Waals surface area contributed by atoms with E-state index in [0.717, 1.165) is 15.9 Å². The number of carbonyl (C=O) groups is 1. The summed E-state index contributed by atoms with van der Waals surface area (Å²) in [6.07, 6.45) is 0. The lowest BCUT2D eigenvalue weighted by atomic mass is 10.2. The number of para-hydroxylation sites is 2. The van der Waals surface area contributed by atoms with Gasteiger partial charge >= 0.3 is 0 Å². The Balaban J connectivity index is 1.82. The molecule has 3 nitrogen and oxygen atoms in total. The second kappa shape index (κ2) is 8.86. The van der Waals surface area contributed by atoms with Crippen LogP contribution < -0.4 is 10.1 Å². The van der Waals surface area contributed by atoms with E-state index in [2.05, 4.69) is 33.4 Å². The first-order chi connectivity index (χ1) is 10.7. The summed E-state index contributed by atoms with van der Waals surface area (Å²) in [6, 6.07) is 15.6. The highest BCUT2D eigenvalue weighted by Crippen LogP contribution is 2.24. The van der Waals surface area contributed by atoms with E-state index in [1.807, 2.05) is 43.3 Å². The molecule has 0 saturated heterocycles. The van der Waals surface area contributed by atoms with Crippen molar-refractivity contribution in [1.29, 1.82) is 0 Å². The Bertz CT molecular complexity index is 616. The van der Waals surface area contributed by atoms with Crippen molar-refractivity contribution in [3.8, 4) is 5.75 Å². The third-order valence-electron chi connectivity index (χ3n) is 2.88. The third-order valence-corrected chi connectivity index (χ3v) is 4.41. The van der Waals surface area contributed by atoms with Crippen molar-refractivity contribution < 1.29 is 9.53 Å². The van der Waals surface area contributed by atoms with E-state index in [1.165, 1.54) is 5.56 Å². The van der Waals surface area contributed by atoms with E-state index in [4.69, 9.17) is 4.74 Å². The van der Waals surface area contributed by atoms with Crippen LogP contribution in [0.2, 0.25) is 0 Å². The van der Waals surface area contributed by atoms with Gasteiger partial charge < -0.3 is 10.1 Å². The van der Waals surface area contributed by atoms with E-state index >= 15 is 0 Å². The molecule has 0 heterocycles. The first kappa shape index (κ1) is 16.9. The Labute approximate surface area is 143 Å². The van der Waals surface area contributed by atoms with Crippen LogP contribution in [0.15, 0.2) is 53.0 Å². The Morgan fingerprint density at radius 3 is 2.64 bits per heavy atom. The van der Waals surface area contributed by atoms with Gasteiger partial charge in [-0.05, 0) is 36.8 Å². The quantitative estimate of drug-likeness (QED) is 0.756. The van der Waals surface area contributed by atoms with Crippen LogP contribution in [0, 0.1) is 0 Å². The van der Waals surface area contributed by atoms with Gasteiger partial charge in [-0.15, -0.1) is 11.8 Å². The second-order valence-corrected chi connectivity index (χ2v) is 6.50. The Kier molecular flexibility index (Phi) is 6.80. The molecule has 116 valence electrons. The highest BCUT2D eigenvalue weighted by atomic mass is 79.9. The maximum Gasteiger partial charge on any atom is 0.234 e. The van der Waals surface area contributed by atoms with Crippen LogP contribution in [0.25, 0.3) is 0 Å². The molecule has 0 radical (unpaired) electrons. The molecule has 5 heteroatoms. The standard InChI is InChI=1S/C17H18BrNO2S/c1-2-21-16-6-4-3-5-15(16)19-17(20)12-22-11-13-7-9-14(18)10-8-13/h3-10H,2,11-12H2,1H3,(H,19,20). The van der Waals surface area contributed by atoms with Crippen molar-refractivity contribution in [3.05, 3.63) is 58.6 Å². The van der Waals surface area contributed by atoms with Gasteiger partial charge in [0, 0.05) is 10.2 Å². The molecule has 1 N–H and O–H groups in total. The monoisotopic (exact) mass is 379 g/mol. The van der Waals surface area contributed by atoms with Crippen molar-refractivity contribution in [2.75, 3.05) is 17.7 Å². The summed E-state index contributed by atoms with van der Waals surface area (Å²) >= 11 is 5.00. The van der Waals surface area contributed by atoms with Gasteiger partial charge in [-0.25, -0.2) is 0 Å². The van der Waals surface area contributed by atoms with Crippen LogP contribution in [0.5, 0.6) is 5.75 Å². The van der Waals surface area contributed by atoms with Crippen LogP contribution in [0.3, 0.4) is 0 Å². The van der Waals surface area contributed by atoms with E-state index in [0.29, 0.717) is 18.1 Å². The molecule has 0 saturated carbocycles. The second-order valence-electron chi connectivity index (χ2n) is 4.60. The maximum atomic E-state index is 12.0. The van der Waals surface area contributed by atoms with Crippen molar-refractivity contribution in [2.45, 2.75) is 12.7 Å². The number of ether oxygens (including phenoxy) is 1. The average Bonchev–Trinajstić information content (AvgIpc) is 2.51. The predicted octanol–water partition coefficient (Wildman–Crippen LogP) is 4.72. The molecule has 2 aromatic rings. The smallest absolute Gasteiger partial charge is 0.234 e. The van der Waals surface area contributed by atoms with Gasteiger partial charge in [0.25, 0.3) is 0 Å². The molecular weight excluding hydrogens is 362 g/mol. The Hall–Kier alpha value is -1.46. The van der Waals surface area contributed by atoms with Crippen molar-refractivity contribution in [3.63, 3.8) is 0 Å². The summed E-state index contributed by atoms with van der Waals surface area (Å²) in [5, 5.41) is 2.90. The molecule has 0 aromatic heterocycles. The largest absolute Gasteiger partial charge is 0.492 e. The zero-order valence-electron chi connectivity index (χ0n) is 12.3. The van der Waals surface area contributed by atoms with Crippen LogP contribution in [0.4, 0.5) is 5.69 Å². The number of nitrogens with one attached hydrogen (secondary N) is 1. The zero-order chi connectivity index (χ0) is 15.8. The fourth-order valence-corrected chi connectivity index (χ4v) is 2.93. The summed E-state index contributed by atoms with van der Waals surface area (Å²) in [6.45, 7) is 2.50. The SMILES string of the molecule is CCOc1ccccc1NC(=O)CSCc1ccc(Br)cc1. The number of benzene rings is 2. The Morgan fingerprint density at radius 2 is 1.91 bits per heavy atom. The molecule has 0 spiro atoms. The predicted molar refractivity (Wildman–Crippen MR) is 96.5 cm³/mol. The molecule has 2 aromatic carbocycles. The van der Waals surface area contributed by atoms with Crippen LogP contribution in [0.1, 0.15) is 12.5 Å². The summed E-state index contributed by atoms with van der Waals surface area (Å²) in [5.74, 6) is 1.91. The lowest BCUT2D eigenvalue weighted by molar-refractivity contribution is -0.113. The summed E-state index contributed by atoms with van der Waals surface area (Å²) in [5.41, 5.74) is 1.93. The van der Waals surface area contributed by atoms with Crippen LogP contribution in [-0.2, 0) is 10.5 Å². The molecule has 2 rings (SSSR count). The molecule has 0 unspecified atom stereocenters. The van der Waals surface area contributed by atoms with Gasteiger partial charge in [-0.1, -0.05) is 40.2 Å². The number of halogens is 1. The number of hydrogen-bond acceptors (Lipinski definition) is 3. The van der Waals surface area contributed by atoms with Gasteiger partial charge in [0.05, 0.1) is 18.0 Å². The molecule has 1 amide bonds. The molecule has 0 aliphatic heterocycles. The summed E-state index contributed by atoms with van der Waals surface area (Å²) in [7, 11) is 0. The van der Waals surface area contributed by atoms with Gasteiger partial charge in [-0.2, -0.15) is 0 Å². The minimum absolute atomic E-state index is 0.0192. The highest BCUT2D eigenvalue weighted by Gasteiger charge is 2.07. The van der Waals surface area contributed by atoms with Crippen LogP contribution >= 0.6 is 27.7 Å². The van der Waals surface area contributed by atoms with Gasteiger partial charge in [0.2, 0.25) is 5.91 Å². The van der Waals surface area contributed by atoms with Gasteiger partial charge in [-0.3, -0.25) is 4.79 Å². The van der Waals surface area contributed by atoms with E-state index < -0.39 is 0 Å². The molecule has 0 aliphatic carbocycles. The van der Waals surface area contributed by atoms with Crippen molar-refractivity contribution in [1.82, 2.24) is 0 Å². The van der Waals surface area contributed by atoms with Gasteiger partial charge in [0.15, 0.2) is 0 Å². The lowest BCUT2D eigenvalue weighted by Gasteiger charge is -2.11. The summed E-state index contributed by atoms with van der Waals surface area (Å²) < 4.78 is 6.56.